The van der Waals surface area contributed by atoms with E-state index in [9.17, 15) is 8.42 Å². The Morgan fingerprint density at radius 1 is 1.40 bits per heavy atom. The molecule has 1 heterocycles. The second kappa shape index (κ2) is 6.45. The van der Waals surface area contributed by atoms with Crippen molar-refractivity contribution in [3.8, 4) is 0 Å². The van der Waals surface area contributed by atoms with Crippen LogP contribution in [0.4, 0.5) is 0 Å². The summed E-state index contributed by atoms with van der Waals surface area (Å²) in [5.74, 6) is 0. The molecule has 2 N–H and O–H groups in total. The smallest absolute Gasteiger partial charge is 0.215 e. The lowest BCUT2D eigenvalue weighted by Crippen LogP contribution is -2.44. The van der Waals surface area contributed by atoms with Crippen molar-refractivity contribution in [1.29, 1.82) is 0 Å². The zero-order valence-corrected chi connectivity index (χ0v) is 10.3. The second-order valence-corrected chi connectivity index (χ2v) is 6.16. The molecule has 1 aliphatic heterocycles. The number of piperidine rings is 1. The highest BCUT2D eigenvalue weighted by molar-refractivity contribution is 7.90. The fourth-order valence-corrected chi connectivity index (χ4v) is 3.27. The van der Waals surface area contributed by atoms with Gasteiger partial charge in [0.05, 0.1) is 5.25 Å². The van der Waals surface area contributed by atoms with Gasteiger partial charge in [0, 0.05) is 13.1 Å². The summed E-state index contributed by atoms with van der Waals surface area (Å²) in [6.07, 6.45) is 4.89. The average Bonchev–Trinajstić information content (AvgIpc) is 2.26. The van der Waals surface area contributed by atoms with Gasteiger partial charge in [0.1, 0.15) is 0 Å². The Labute approximate surface area is 92.9 Å². The molecule has 0 aromatic heterocycles. The second-order valence-electron chi connectivity index (χ2n) is 4.11. The summed E-state index contributed by atoms with van der Waals surface area (Å²) < 4.78 is 26.3. The van der Waals surface area contributed by atoms with E-state index in [-0.39, 0.29) is 5.25 Å². The minimum atomic E-state index is -3.08. The van der Waals surface area contributed by atoms with E-state index in [4.69, 9.17) is 0 Å². The highest BCUT2D eigenvalue weighted by atomic mass is 32.2. The molecule has 0 aliphatic carbocycles. The van der Waals surface area contributed by atoms with Crippen LogP contribution in [0.2, 0.25) is 0 Å². The van der Waals surface area contributed by atoms with E-state index in [1.807, 2.05) is 0 Å². The van der Waals surface area contributed by atoms with E-state index in [2.05, 4.69) is 17.0 Å². The third-order valence-corrected chi connectivity index (χ3v) is 4.66. The summed E-state index contributed by atoms with van der Waals surface area (Å²) in [6.45, 7) is 4.25. The van der Waals surface area contributed by atoms with Crippen molar-refractivity contribution >= 4 is 10.0 Å². The van der Waals surface area contributed by atoms with Crippen molar-refractivity contribution < 1.29 is 8.42 Å². The Morgan fingerprint density at radius 3 is 2.80 bits per heavy atom. The van der Waals surface area contributed by atoms with Gasteiger partial charge in [-0.3, -0.25) is 0 Å². The molecule has 0 radical (unpaired) electrons. The number of nitrogens with one attached hydrogen (secondary N) is 2. The van der Waals surface area contributed by atoms with E-state index in [1.54, 1.807) is 0 Å². The monoisotopic (exact) mass is 234 g/mol. The maximum absolute atomic E-state index is 11.8. The van der Waals surface area contributed by atoms with E-state index in [0.29, 0.717) is 13.1 Å². The Balaban J connectivity index is 2.30. The first-order chi connectivity index (χ1) is 7.17. The van der Waals surface area contributed by atoms with Crippen molar-refractivity contribution in [2.24, 2.45) is 0 Å². The first-order valence-corrected chi connectivity index (χ1v) is 7.40. The normalized spacial score (nSPS) is 22.9. The van der Waals surface area contributed by atoms with Crippen molar-refractivity contribution in [3.05, 3.63) is 0 Å². The molecule has 1 aliphatic rings. The summed E-state index contributed by atoms with van der Waals surface area (Å²) >= 11 is 0. The molecule has 1 unspecified atom stereocenters. The zero-order chi connectivity index (χ0) is 11.1. The molecule has 0 aromatic rings. The van der Waals surface area contributed by atoms with Crippen LogP contribution in [-0.4, -0.2) is 33.3 Å². The van der Waals surface area contributed by atoms with Gasteiger partial charge < -0.3 is 5.32 Å². The van der Waals surface area contributed by atoms with E-state index in [1.165, 1.54) is 0 Å². The molecule has 1 saturated heterocycles. The number of hydrogen-bond donors (Lipinski definition) is 2. The summed E-state index contributed by atoms with van der Waals surface area (Å²) in [7, 11) is -3.08. The largest absolute Gasteiger partial charge is 0.315 e. The molecule has 0 bridgehead atoms. The highest BCUT2D eigenvalue weighted by Crippen LogP contribution is 2.10. The fraction of sp³-hybridized carbons (Fsp3) is 1.00. The lowest BCUT2D eigenvalue weighted by atomic mass is 10.2. The van der Waals surface area contributed by atoms with Crippen LogP contribution in [0.1, 0.15) is 39.0 Å². The highest BCUT2D eigenvalue weighted by Gasteiger charge is 2.26. The first-order valence-electron chi connectivity index (χ1n) is 5.86. The van der Waals surface area contributed by atoms with Crippen molar-refractivity contribution in [2.75, 3.05) is 19.6 Å². The summed E-state index contributed by atoms with van der Waals surface area (Å²) in [5.41, 5.74) is 0. The number of unbranched alkanes of at least 4 members (excludes halogenated alkanes) is 2. The SMILES string of the molecule is CCCCCNS(=O)(=O)C1CCCNC1. The molecule has 0 amide bonds. The Morgan fingerprint density at radius 2 is 2.20 bits per heavy atom. The quantitative estimate of drug-likeness (QED) is 0.670. The summed E-state index contributed by atoms with van der Waals surface area (Å²) in [4.78, 5) is 0. The van der Waals surface area contributed by atoms with Crippen LogP contribution < -0.4 is 10.0 Å². The van der Waals surface area contributed by atoms with Gasteiger partial charge in [0.25, 0.3) is 0 Å². The van der Waals surface area contributed by atoms with Crippen LogP contribution in [0.5, 0.6) is 0 Å². The molecule has 1 rings (SSSR count). The lowest BCUT2D eigenvalue weighted by Gasteiger charge is -2.22. The predicted octanol–water partition coefficient (Wildman–Crippen LogP) is 0.848. The third-order valence-electron chi connectivity index (χ3n) is 2.77. The molecule has 0 aromatic carbocycles. The summed E-state index contributed by atoms with van der Waals surface area (Å²) in [6, 6.07) is 0. The van der Waals surface area contributed by atoms with E-state index < -0.39 is 10.0 Å². The molecular formula is C10H22N2O2S. The zero-order valence-electron chi connectivity index (χ0n) is 9.46. The number of rotatable bonds is 6. The standard InChI is InChI=1S/C10H22N2O2S/c1-2-3-4-8-12-15(13,14)10-6-5-7-11-9-10/h10-12H,2-9H2,1H3. The predicted molar refractivity (Wildman–Crippen MR) is 62.3 cm³/mol. The number of hydrogen-bond acceptors (Lipinski definition) is 3. The van der Waals surface area contributed by atoms with Gasteiger partial charge >= 0.3 is 0 Å². The maximum atomic E-state index is 11.8. The minimum absolute atomic E-state index is 0.229. The molecule has 15 heavy (non-hydrogen) atoms. The van der Waals surface area contributed by atoms with Gasteiger partial charge in [0.15, 0.2) is 0 Å². The van der Waals surface area contributed by atoms with Gasteiger partial charge in [-0.05, 0) is 25.8 Å². The van der Waals surface area contributed by atoms with Gasteiger partial charge in [0.2, 0.25) is 10.0 Å². The minimum Gasteiger partial charge on any atom is -0.315 e. The molecule has 1 atom stereocenters. The van der Waals surface area contributed by atoms with Gasteiger partial charge in [-0.15, -0.1) is 0 Å². The van der Waals surface area contributed by atoms with Crippen molar-refractivity contribution in [3.63, 3.8) is 0 Å². The Kier molecular flexibility index (Phi) is 5.56. The summed E-state index contributed by atoms with van der Waals surface area (Å²) in [5, 5.41) is 2.89. The van der Waals surface area contributed by atoms with Crippen molar-refractivity contribution in [2.45, 2.75) is 44.3 Å². The van der Waals surface area contributed by atoms with Gasteiger partial charge in [-0.2, -0.15) is 0 Å². The Hall–Kier alpha value is -0.130. The molecular weight excluding hydrogens is 212 g/mol. The fourth-order valence-electron chi connectivity index (χ4n) is 1.79. The van der Waals surface area contributed by atoms with Crippen LogP contribution in [0.3, 0.4) is 0 Å². The van der Waals surface area contributed by atoms with Gasteiger partial charge in [-0.25, -0.2) is 13.1 Å². The van der Waals surface area contributed by atoms with E-state index in [0.717, 1.165) is 38.6 Å². The molecule has 0 saturated carbocycles. The molecule has 1 fully saturated rings. The average molecular weight is 234 g/mol. The first kappa shape index (κ1) is 12.9. The van der Waals surface area contributed by atoms with Gasteiger partial charge in [-0.1, -0.05) is 19.8 Å². The third kappa shape index (κ3) is 4.49. The molecule has 4 nitrogen and oxygen atoms in total. The Bertz CT molecular complexity index is 259. The van der Waals surface area contributed by atoms with Crippen LogP contribution in [-0.2, 0) is 10.0 Å². The number of sulfonamides is 1. The maximum Gasteiger partial charge on any atom is 0.215 e. The lowest BCUT2D eigenvalue weighted by molar-refractivity contribution is 0.489. The molecule has 90 valence electrons. The van der Waals surface area contributed by atoms with Crippen LogP contribution in [0.15, 0.2) is 0 Å². The topological polar surface area (TPSA) is 58.2 Å². The molecule has 5 heteroatoms. The van der Waals surface area contributed by atoms with Crippen LogP contribution in [0, 0.1) is 0 Å². The molecule has 0 spiro atoms. The van der Waals surface area contributed by atoms with Crippen molar-refractivity contribution in [1.82, 2.24) is 10.0 Å². The van der Waals surface area contributed by atoms with E-state index >= 15 is 0 Å². The van der Waals surface area contributed by atoms with Crippen LogP contribution in [0.25, 0.3) is 0 Å². The van der Waals surface area contributed by atoms with Crippen LogP contribution >= 0.6 is 0 Å².